The molecule has 3 heterocycles. The molecule has 4 N–H and O–H groups in total. The molecule has 4 rings (SSSR count). The first-order valence-electron chi connectivity index (χ1n) is 20.7. The van der Waals surface area contributed by atoms with E-state index in [2.05, 4.69) is 15.6 Å². The Bertz CT molecular complexity index is 1800. The van der Waals surface area contributed by atoms with Gasteiger partial charge in [-0.25, -0.2) is 0 Å². The third-order valence-corrected chi connectivity index (χ3v) is 10.7. The monoisotopic (exact) mass is 846 g/mol. The first kappa shape index (κ1) is 48.1. The number of carbonyl (C=O) groups excluding carboxylic acids is 4. The number of aliphatic hydroxyl groups excluding tert-OH is 3. The van der Waals surface area contributed by atoms with Crippen LogP contribution in [0, 0.1) is 22.0 Å². The summed E-state index contributed by atoms with van der Waals surface area (Å²) in [6.07, 6.45) is -1.18. The lowest BCUT2D eigenvalue weighted by atomic mass is 9.94. The first-order valence-corrected chi connectivity index (χ1v) is 20.7. The summed E-state index contributed by atoms with van der Waals surface area (Å²) in [6.45, 7) is 13.6. The number of imide groups is 1. The van der Waals surface area contributed by atoms with Crippen LogP contribution < -0.4 is 10.1 Å². The number of ether oxygens (including phenoxy) is 4. The van der Waals surface area contributed by atoms with Crippen LogP contribution in [0.15, 0.2) is 24.4 Å². The number of rotatable bonds is 23. The van der Waals surface area contributed by atoms with Crippen LogP contribution in [0.2, 0.25) is 0 Å². The second kappa shape index (κ2) is 21.3. The number of nitro groups is 1. The van der Waals surface area contributed by atoms with Gasteiger partial charge in [-0.2, -0.15) is 0 Å². The van der Waals surface area contributed by atoms with Crippen LogP contribution in [-0.2, 0) is 46.4 Å². The Morgan fingerprint density at radius 3 is 2.50 bits per heavy atom. The average Bonchev–Trinajstić information content (AvgIpc) is 3.76. The molecular weight excluding hydrogens is 784 g/mol. The van der Waals surface area contributed by atoms with Crippen LogP contribution in [0.4, 0.5) is 5.69 Å². The lowest BCUT2D eigenvalue weighted by Gasteiger charge is -2.36. The van der Waals surface area contributed by atoms with Gasteiger partial charge in [0.2, 0.25) is 24.0 Å². The first-order chi connectivity index (χ1) is 28.2. The van der Waals surface area contributed by atoms with Crippen molar-refractivity contribution in [3.8, 4) is 5.75 Å². The number of aliphatic hydroxyl groups is 3. The highest BCUT2D eigenvalue weighted by Crippen LogP contribution is 2.35. The van der Waals surface area contributed by atoms with Crippen LogP contribution in [-0.4, -0.2) is 119 Å². The second-order valence-corrected chi connectivity index (χ2v) is 17.2. The van der Waals surface area contributed by atoms with E-state index in [9.17, 15) is 44.6 Å². The Morgan fingerprint density at radius 2 is 1.85 bits per heavy atom. The minimum atomic E-state index is -1.35. The molecule has 0 bridgehead atoms. The average molecular weight is 847 g/mol. The number of hydrogen-bond donors (Lipinski definition) is 4. The Kier molecular flexibility index (Phi) is 17.1. The number of amides is 3. The predicted octanol–water partition coefficient (Wildman–Crippen LogP) is 3.30. The molecule has 2 aromatic rings. The summed E-state index contributed by atoms with van der Waals surface area (Å²) < 4.78 is 24.7. The summed E-state index contributed by atoms with van der Waals surface area (Å²) in [5.41, 5.74) is -0.959. The van der Waals surface area contributed by atoms with E-state index in [1.54, 1.807) is 17.8 Å². The molecule has 2 aliphatic rings. The van der Waals surface area contributed by atoms with Crippen molar-refractivity contribution >= 4 is 29.4 Å². The molecule has 60 heavy (non-hydrogen) atoms. The van der Waals surface area contributed by atoms with Crippen LogP contribution >= 0.6 is 0 Å². The van der Waals surface area contributed by atoms with Gasteiger partial charge in [0, 0.05) is 63.4 Å². The Labute approximate surface area is 350 Å². The Balaban J connectivity index is 1.26. The van der Waals surface area contributed by atoms with Crippen molar-refractivity contribution < 1.29 is 58.4 Å². The summed E-state index contributed by atoms with van der Waals surface area (Å²) in [6, 6.07) is 4.06. The van der Waals surface area contributed by atoms with Crippen molar-refractivity contribution in [3.63, 3.8) is 0 Å². The van der Waals surface area contributed by atoms with Crippen LogP contribution in [0.1, 0.15) is 117 Å². The SMILES string of the molecule is CCC(=O)OC(Cc1cn(CCC(C)(C)OCC(C)(C)NC(=O)CCCCCN2C(=O)CC(C(C)C)C2=O)nn1)c1ccc(OC2CC(O)C(O)C(CO)O2)c([N+](=O)[O-])c1. The predicted molar refractivity (Wildman–Crippen MR) is 214 cm³/mol. The molecule has 2 fully saturated rings. The number of unbranched alkanes of at least 4 members (excludes halogenated alkanes) is 2. The molecule has 0 spiro atoms. The maximum Gasteiger partial charge on any atom is 0.311 e. The van der Waals surface area contributed by atoms with Crippen molar-refractivity contribution in [3.05, 3.63) is 45.8 Å². The number of nitrogens with zero attached hydrogens (tertiary/aromatic N) is 5. The van der Waals surface area contributed by atoms with Gasteiger partial charge < -0.3 is 39.6 Å². The highest BCUT2D eigenvalue weighted by molar-refractivity contribution is 6.03. The molecule has 1 aromatic heterocycles. The molecule has 6 atom stereocenters. The van der Waals surface area contributed by atoms with E-state index in [1.165, 1.54) is 23.1 Å². The lowest BCUT2D eigenvalue weighted by molar-refractivity contribution is -0.386. The smallest absolute Gasteiger partial charge is 0.311 e. The van der Waals surface area contributed by atoms with E-state index in [1.807, 2.05) is 41.5 Å². The number of nitro benzene ring substituents is 1. The number of hydrogen-bond acceptors (Lipinski definition) is 15. The summed E-state index contributed by atoms with van der Waals surface area (Å²) in [4.78, 5) is 62.8. The molecule has 0 saturated carbocycles. The number of benzene rings is 1. The molecular formula is C41H62N6O13. The lowest BCUT2D eigenvalue weighted by Crippen LogP contribution is -2.51. The van der Waals surface area contributed by atoms with E-state index in [-0.39, 0.29) is 67.6 Å². The minimum absolute atomic E-state index is 0.0569. The van der Waals surface area contributed by atoms with Gasteiger partial charge in [0.1, 0.15) is 18.3 Å². The van der Waals surface area contributed by atoms with Gasteiger partial charge in [0.15, 0.2) is 5.75 Å². The summed E-state index contributed by atoms with van der Waals surface area (Å²) >= 11 is 0. The number of esters is 1. The normalized spacial score (nSPS) is 21.6. The van der Waals surface area contributed by atoms with E-state index >= 15 is 0 Å². The number of carbonyl (C=O) groups is 4. The number of nitrogens with one attached hydrogen (secondary N) is 1. The second-order valence-electron chi connectivity index (χ2n) is 17.2. The molecule has 0 aliphatic carbocycles. The Morgan fingerprint density at radius 1 is 1.12 bits per heavy atom. The van der Waals surface area contributed by atoms with Gasteiger partial charge in [-0.15, -0.1) is 5.10 Å². The van der Waals surface area contributed by atoms with Crippen LogP contribution in [0.3, 0.4) is 0 Å². The maximum absolute atomic E-state index is 12.8. The number of likely N-dealkylation sites (tertiary alicyclic amines) is 1. The zero-order valence-corrected chi connectivity index (χ0v) is 35.7. The zero-order valence-electron chi connectivity index (χ0n) is 35.7. The highest BCUT2D eigenvalue weighted by atomic mass is 16.7. The zero-order chi connectivity index (χ0) is 44.4. The molecule has 334 valence electrons. The number of aryl methyl sites for hydroxylation is 1. The highest BCUT2D eigenvalue weighted by Gasteiger charge is 2.40. The van der Waals surface area contributed by atoms with Crippen molar-refractivity contribution in [2.75, 3.05) is 19.8 Å². The van der Waals surface area contributed by atoms with Crippen LogP contribution in [0.5, 0.6) is 5.75 Å². The minimum Gasteiger partial charge on any atom is -0.458 e. The van der Waals surface area contributed by atoms with E-state index in [0.29, 0.717) is 56.5 Å². The molecule has 19 heteroatoms. The van der Waals surface area contributed by atoms with Gasteiger partial charge >= 0.3 is 11.7 Å². The number of aromatic nitrogens is 3. The topological polar surface area (TPSA) is 255 Å². The van der Waals surface area contributed by atoms with Crippen molar-refractivity contribution in [2.45, 2.75) is 155 Å². The van der Waals surface area contributed by atoms with Gasteiger partial charge in [-0.1, -0.05) is 38.5 Å². The quantitative estimate of drug-likeness (QED) is 0.0412. The molecule has 2 saturated heterocycles. The molecule has 1 aromatic carbocycles. The summed E-state index contributed by atoms with van der Waals surface area (Å²) in [5, 5.41) is 53.3. The summed E-state index contributed by atoms with van der Waals surface area (Å²) in [7, 11) is 0. The molecule has 3 amide bonds. The third kappa shape index (κ3) is 13.7. The van der Waals surface area contributed by atoms with Crippen molar-refractivity contribution in [2.24, 2.45) is 11.8 Å². The fraction of sp³-hybridized carbons (Fsp3) is 0.707. The maximum atomic E-state index is 12.8. The van der Waals surface area contributed by atoms with Gasteiger partial charge in [-0.3, -0.25) is 38.9 Å². The largest absolute Gasteiger partial charge is 0.458 e. The van der Waals surface area contributed by atoms with Crippen LogP contribution in [0.25, 0.3) is 0 Å². The molecule has 19 nitrogen and oxygen atoms in total. The van der Waals surface area contributed by atoms with Gasteiger partial charge in [0.05, 0.1) is 41.1 Å². The van der Waals surface area contributed by atoms with E-state index in [4.69, 9.17) is 18.9 Å². The van der Waals surface area contributed by atoms with E-state index in [0.717, 1.165) is 0 Å². The molecule has 2 aliphatic heterocycles. The standard InChI is InChI=1S/C41H62N6O13/c1-8-36(52)58-32(26-13-14-31(29(18-26)47(55)56)59-37-21-30(49)38(53)33(23-48)60-37)19-27-22-45(44-43-27)17-15-41(6,7)57-24-40(4,5)42-34(50)12-10-9-11-16-46-35(51)20-28(25(2)3)39(46)54/h13-14,18,22,25,28,30,32-33,37-38,48-49,53H,8-12,15-17,19-21,23-24H2,1-7H3,(H,42,50). The van der Waals surface area contributed by atoms with Crippen molar-refractivity contribution in [1.82, 2.24) is 25.2 Å². The van der Waals surface area contributed by atoms with Gasteiger partial charge in [0.25, 0.3) is 0 Å². The Hall–Kier alpha value is -4.56. The molecule has 0 radical (unpaired) electrons. The molecule has 6 unspecified atom stereocenters. The third-order valence-electron chi connectivity index (χ3n) is 10.7. The van der Waals surface area contributed by atoms with Crippen molar-refractivity contribution in [1.29, 1.82) is 0 Å². The summed E-state index contributed by atoms with van der Waals surface area (Å²) in [5.74, 6) is -1.15. The van der Waals surface area contributed by atoms with Gasteiger partial charge in [-0.05, 0) is 64.5 Å². The fourth-order valence-corrected chi connectivity index (χ4v) is 6.97. The van der Waals surface area contributed by atoms with E-state index < -0.39 is 65.0 Å². The fourth-order valence-electron chi connectivity index (χ4n) is 6.97.